The molecule has 1 aliphatic rings. The number of alkyl halides is 2. The predicted octanol–water partition coefficient (Wildman–Crippen LogP) is 1.16. The molecule has 0 aromatic rings. The van der Waals surface area contributed by atoms with Crippen LogP contribution < -0.4 is 5.43 Å². The van der Waals surface area contributed by atoms with Gasteiger partial charge in [-0.1, -0.05) is 23.2 Å². The molecule has 1 amide bonds. The van der Waals surface area contributed by atoms with Gasteiger partial charge in [0.1, 0.15) is 0 Å². The standard InChI is InChI=1S/C6H6Cl2N2O/c7-5(8)6(11)10-4-2-1-3-9-10/h1-5,9H. The van der Waals surface area contributed by atoms with Crippen molar-refractivity contribution in [2.45, 2.75) is 4.84 Å². The van der Waals surface area contributed by atoms with Gasteiger partial charge in [0.25, 0.3) is 5.91 Å². The highest BCUT2D eigenvalue weighted by atomic mass is 35.5. The number of nitrogens with one attached hydrogen (secondary N) is 1. The van der Waals surface area contributed by atoms with E-state index in [-0.39, 0.29) is 0 Å². The zero-order valence-electron chi connectivity index (χ0n) is 5.50. The fraction of sp³-hybridized carbons (Fsp3) is 0.167. The van der Waals surface area contributed by atoms with Crippen molar-refractivity contribution in [1.82, 2.24) is 10.4 Å². The molecule has 1 rings (SSSR count). The monoisotopic (exact) mass is 192 g/mol. The van der Waals surface area contributed by atoms with Crippen LogP contribution in [0, 0.1) is 0 Å². The van der Waals surface area contributed by atoms with Crippen molar-refractivity contribution in [1.29, 1.82) is 0 Å². The molecule has 1 aliphatic heterocycles. The molecule has 0 aromatic carbocycles. The van der Waals surface area contributed by atoms with Crippen LogP contribution in [0.5, 0.6) is 0 Å². The first-order valence-corrected chi connectivity index (χ1v) is 3.80. The third-order valence-corrected chi connectivity index (χ3v) is 1.45. The largest absolute Gasteiger partial charge is 0.299 e. The second kappa shape index (κ2) is 3.64. The lowest BCUT2D eigenvalue weighted by Crippen LogP contribution is -2.39. The molecule has 1 N–H and O–H groups in total. The lowest BCUT2D eigenvalue weighted by atomic mass is 10.5. The lowest BCUT2D eigenvalue weighted by molar-refractivity contribution is -0.128. The van der Waals surface area contributed by atoms with Gasteiger partial charge in [-0.15, -0.1) is 0 Å². The van der Waals surface area contributed by atoms with Gasteiger partial charge in [0, 0.05) is 12.4 Å². The molecule has 0 atom stereocenters. The third-order valence-electron chi connectivity index (χ3n) is 1.08. The minimum Gasteiger partial charge on any atom is -0.299 e. The number of nitrogens with zero attached hydrogens (tertiary/aromatic N) is 1. The molecule has 0 unspecified atom stereocenters. The third kappa shape index (κ3) is 2.13. The number of allylic oxidation sites excluding steroid dienone is 2. The highest BCUT2D eigenvalue weighted by molar-refractivity contribution is 6.53. The summed E-state index contributed by atoms with van der Waals surface area (Å²) in [5, 5.41) is 1.21. The Labute approximate surface area is 74.2 Å². The van der Waals surface area contributed by atoms with Gasteiger partial charge in [-0.2, -0.15) is 0 Å². The molecular formula is C6H6Cl2N2O. The van der Waals surface area contributed by atoms with Crippen molar-refractivity contribution >= 4 is 29.1 Å². The van der Waals surface area contributed by atoms with Crippen LogP contribution in [-0.4, -0.2) is 15.8 Å². The molecule has 3 nitrogen and oxygen atoms in total. The van der Waals surface area contributed by atoms with Crippen molar-refractivity contribution in [3.8, 4) is 0 Å². The van der Waals surface area contributed by atoms with Crippen molar-refractivity contribution in [3.05, 3.63) is 24.6 Å². The summed E-state index contributed by atoms with van der Waals surface area (Å²) in [5.41, 5.74) is 2.65. The van der Waals surface area contributed by atoms with E-state index in [9.17, 15) is 4.79 Å². The highest BCUT2D eigenvalue weighted by Gasteiger charge is 2.17. The van der Waals surface area contributed by atoms with Crippen molar-refractivity contribution in [3.63, 3.8) is 0 Å². The summed E-state index contributed by atoms with van der Waals surface area (Å²) in [4.78, 5) is 9.98. The van der Waals surface area contributed by atoms with Gasteiger partial charge in [-0.3, -0.25) is 10.2 Å². The summed E-state index contributed by atoms with van der Waals surface area (Å²) in [6.07, 6.45) is 6.60. The first kappa shape index (κ1) is 8.43. The smallest absolute Gasteiger partial charge is 0.278 e. The SMILES string of the molecule is O=C(C(Cl)Cl)N1C=CC=CN1. The zero-order chi connectivity index (χ0) is 8.27. The molecule has 0 aromatic heterocycles. The number of hydrogen-bond donors (Lipinski definition) is 1. The normalized spacial score (nSPS) is 15.4. The summed E-state index contributed by atoms with van der Waals surface area (Å²) in [6, 6.07) is 0. The molecule has 0 radical (unpaired) electrons. The molecular weight excluding hydrogens is 187 g/mol. The number of carbonyl (C=O) groups is 1. The maximum Gasteiger partial charge on any atom is 0.278 e. The molecule has 0 fully saturated rings. The van der Waals surface area contributed by atoms with Crippen LogP contribution in [0.25, 0.3) is 0 Å². The Morgan fingerprint density at radius 2 is 2.18 bits per heavy atom. The van der Waals surface area contributed by atoms with E-state index in [0.29, 0.717) is 0 Å². The first-order valence-electron chi connectivity index (χ1n) is 2.92. The number of halogens is 2. The molecule has 0 bridgehead atoms. The Morgan fingerprint density at radius 3 is 2.64 bits per heavy atom. The van der Waals surface area contributed by atoms with E-state index in [1.54, 1.807) is 24.6 Å². The van der Waals surface area contributed by atoms with E-state index in [4.69, 9.17) is 23.2 Å². The minimum atomic E-state index is -1.03. The van der Waals surface area contributed by atoms with Gasteiger partial charge in [-0.05, 0) is 12.2 Å². The van der Waals surface area contributed by atoms with Crippen LogP contribution >= 0.6 is 23.2 Å². The van der Waals surface area contributed by atoms with Crippen molar-refractivity contribution < 1.29 is 4.79 Å². The summed E-state index contributed by atoms with van der Waals surface area (Å²) in [5.74, 6) is -0.395. The number of hydrogen-bond acceptors (Lipinski definition) is 2. The maximum absolute atomic E-state index is 11.0. The van der Waals surface area contributed by atoms with E-state index < -0.39 is 10.7 Å². The molecule has 0 aliphatic carbocycles. The van der Waals surface area contributed by atoms with Crippen LogP contribution in [0.15, 0.2) is 24.6 Å². The number of amides is 1. The molecule has 0 spiro atoms. The summed E-state index contributed by atoms with van der Waals surface area (Å²) < 4.78 is 0. The van der Waals surface area contributed by atoms with Crippen LogP contribution in [0.1, 0.15) is 0 Å². The van der Waals surface area contributed by atoms with Gasteiger partial charge in [0.2, 0.25) is 0 Å². The maximum atomic E-state index is 11.0. The topological polar surface area (TPSA) is 32.3 Å². The van der Waals surface area contributed by atoms with Crippen molar-refractivity contribution in [2.24, 2.45) is 0 Å². The first-order chi connectivity index (χ1) is 5.22. The molecule has 5 heteroatoms. The molecule has 60 valence electrons. The van der Waals surface area contributed by atoms with E-state index in [0.717, 1.165) is 0 Å². The highest BCUT2D eigenvalue weighted by Crippen LogP contribution is 2.06. The van der Waals surface area contributed by atoms with Crippen LogP contribution in [0.4, 0.5) is 0 Å². The van der Waals surface area contributed by atoms with Crippen molar-refractivity contribution in [2.75, 3.05) is 0 Å². The van der Waals surface area contributed by atoms with Gasteiger partial charge < -0.3 is 0 Å². The van der Waals surface area contributed by atoms with Crippen LogP contribution in [-0.2, 0) is 4.79 Å². The van der Waals surface area contributed by atoms with Gasteiger partial charge in [0.15, 0.2) is 4.84 Å². The second-order valence-electron chi connectivity index (χ2n) is 1.84. The Kier molecular flexibility index (Phi) is 2.79. The van der Waals surface area contributed by atoms with E-state index in [1.165, 1.54) is 5.01 Å². The van der Waals surface area contributed by atoms with E-state index in [1.807, 2.05) is 0 Å². The second-order valence-corrected chi connectivity index (χ2v) is 2.93. The average Bonchev–Trinajstić information content (AvgIpc) is 2.05. The fourth-order valence-corrected chi connectivity index (χ4v) is 0.810. The van der Waals surface area contributed by atoms with Crippen LogP contribution in [0.3, 0.4) is 0 Å². The average molecular weight is 193 g/mol. The quantitative estimate of drug-likeness (QED) is 0.633. The molecule has 11 heavy (non-hydrogen) atoms. The zero-order valence-corrected chi connectivity index (χ0v) is 7.01. The lowest BCUT2D eigenvalue weighted by Gasteiger charge is -2.19. The molecule has 0 saturated heterocycles. The fourth-order valence-electron chi connectivity index (χ4n) is 0.600. The summed E-state index contributed by atoms with van der Waals surface area (Å²) in [7, 11) is 0. The molecule has 0 saturated carbocycles. The van der Waals surface area contributed by atoms with Crippen LogP contribution in [0.2, 0.25) is 0 Å². The molecule has 1 heterocycles. The predicted molar refractivity (Wildman–Crippen MR) is 43.8 cm³/mol. The van der Waals surface area contributed by atoms with Gasteiger partial charge >= 0.3 is 0 Å². The van der Waals surface area contributed by atoms with E-state index >= 15 is 0 Å². The van der Waals surface area contributed by atoms with E-state index in [2.05, 4.69) is 5.43 Å². The Bertz CT molecular complexity index is 213. The van der Waals surface area contributed by atoms with Gasteiger partial charge in [-0.25, -0.2) is 5.01 Å². The Balaban J connectivity index is 2.55. The Hall–Kier alpha value is -0.670. The number of rotatable bonds is 1. The number of carbonyl (C=O) groups excluding carboxylic acids is 1. The van der Waals surface area contributed by atoms with Gasteiger partial charge in [0.05, 0.1) is 0 Å². The summed E-state index contributed by atoms with van der Waals surface area (Å²) >= 11 is 10.7. The minimum absolute atomic E-state index is 0.395. The number of hydrazine groups is 1. The Morgan fingerprint density at radius 1 is 1.45 bits per heavy atom. The summed E-state index contributed by atoms with van der Waals surface area (Å²) in [6.45, 7) is 0.